The minimum Gasteiger partial charge on any atom is -0.361 e. The maximum atomic E-state index is 13.2. The monoisotopic (exact) mass is 585 g/mol. The molecule has 222 valence electrons. The van der Waals surface area contributed by atoms with Gasteiger partial charge in [0.25, 0.3) is 5.91 Å². The van der Waals surface area contributed by atoms with Crippen LogP contribution in [0.15, 0.2) is 48.9 Å². The Kier molecular flexibility index (Phi) is 11.2. The highest BCUT2D eigenvalue weighted by molar-refractivity contribution is 5.99. The number of aromatic nitrogens is 2. The molecule has 3 rings (SSSR count). The number of rotatable bonds is 16. The van der Waals surface area contributed by atoms with E-state index in [1.54, 1.807) is 30.3 Å². The smallest absolute Gasteiger partial charge is 0.345 e. The Balaban J connectivity index is 1.77. The van der Waals surface area contributed by atoms with E-state index in [0.717, 1.165) is 6.33 Å². The Hall–Kier alpha value is -4.02. The van der Waals surface area contributed by atoms with Crippen molar-refractivity contribution < 1.29 is 51.0 Å². The summed E-state index contributed by atoms with van der Waals surface area (Å²) in [5, 5.41) is 6.65. The van der Waals surface area contributed by atoms with Crippen LogP contribution >= 0.6 is 0 Å². The number of ketones is 1. The summed E-state index contributed by atoms with van der Waals surface area (Å²) in [6, 6.07) is 4.93. The summed E-state index contributed by atoms with van der Waals surface area (Å²) in [6.45, 7) is -7.13. The van der Waals surface area contributed by atoms with Crippen LogP contribution in [-0.4, -0.2) is 90.2 Å². The Bertz CT molecular complexity index is 1190. The van der Waals surface area contributed by atoms with Gasteiger partial charge in [-0.3, -0.25) is 19.2 Å². The molecule has 0 spiro atoms. The lowest BCUT2D eigenvalue weighted by Gasteiger charge is -2.25. The number of carbonyl (C=O) groups excluding carboxylic acids is 4. The fourth-order valence-corrected chi connectivity index (χ4v) is 3.58. The fraction of sp³-hybridized carbons (Fsp3) is 0.440. The summed E-state index contributed by atoms with van der Waals surface area (Å²) in [5.41, 5.74) is -0.715. The Morgan fingerprint density at radius 1 is 0.902 bits per heavy atom. The molecule has 1 aromatic heterocycles. The minimum atomic E-state index is -3.34. The molecular weight excluding hydrogens is 558 g/mol. The standard InChI is InChI=1S/C25H27F4N5O7/c1-25(12-41-25)19(35)16(9-14-5-3-2-4-6-14)32-21(37)17(10-39-23(26)27)34-22(38)18(11-40-24(28)29)33-20(36)15-7-8-30-13-31-15/h2-8,13,16-18,23-24H,9-12H2,1H3,(H,32,37)(H,33,36)(H,34,38)/t16-,17-,18-,25+/m0/s1. The Morgan fingerprint density at radius 3 is 1.98 bits per heavy atom. The van der Waals surface area contributed by atoms with Crippen LogP contribution in [-0.2, 0) is 35.0 Å². The van der Waals surface area contributed by atoms with E-state index < -0.39 is 73.7 Å². The quantitative estimate of drug-likeness (QED) is 0.190. The van der Waals surface area contributed by atoms with E-state index in [4.69, 9.17) is 4.74 Å². The highest BCUT2D eigenvalue weighted by atomic mass is 19.3. The predicted molar refractivity (Wildman–Crippen MR) is 131 cm³/mol. The molecule has 1 aromatic carbocycles. The number of ether oxygens (including phenoxy) is 3. The molecule has 0 bridgehead atoms. The second-order valence-corrected chi connectivity index (χ2v) is 9.00. The molecule has 2 heterocycles. The zero-order chi connectivity index (χ0) is 30.0. The first kappa shape index (κ1) is 31.5. The molecule has 12 nitrogen and oxygen atoms in total. The number of nitrogens with one attached hydrogen (secondary N) is 3. The van der Waals surface area contributed by atoms with E-state index in [-0.39, 0.29) is 18.7 Å². The van der Waals surface area contributed by atoms with Crippen molar-refractivity contribution in [1.29, 1.82) is 0 Å². The van der Waals surface area contributed by atoms with E-state index in [2.05, 4.69) is 35.4 Å². The number of carbonyl (C=O) groups is 4. The van der Waals surface area contributed by atoms with Crippen LogP contribution in [0, 0.1) is 0 Å². The van der Waals surface area contributed by atoms with Gasteiger partial charge in [0.15, 0.2) is 5.78 Å². The molecule has 0 radical (unpaired) electrons. The lowest BCUT2D eigenvalue weighted by molar-refractivity contribution is -0.152. The van der Waals surface area contributed by atoms with Gasteiger partial charge in [-0.05, 0) is 25.0 Å². The SMILES string of the molecule is C[C@]1(C(=O)[C@H](Cc2ccccc2)NC(=O)[C@H](COC(F)F)NC(=O)[C@H](COC(F)F)NC(=O)c2ccncn2)CO1. The van der Waals surface area contributed by atoms with Crippen LogP contribution in [0.1, 0.15) is 23.0 Å². The largest absolute Gasteiger partial charge is 0.361 e. The van der Waals surface area contributed by atoms with Gasteiger partial charge in [0, 0.05) is 6.20 Å². The second kappa shape index (κ2) is 14.6. The minimum absolute atomic E-state index is 0.0145. The topological polar surface area (TPSA) is 161 Å². The van der Waals surface area contributed by atoms with E-state index >= 15 is 0 Å². The third-order valence-corrected chi connectivity index (χ3v) is 5.86. The number of benzene rings is 1. The molecule has 41 heavy (non-hydrogen) atoms. The molecule has 0 saturated carbocycles. The maximum absolute atomic E-state index is 13.2. The molecule has 1 fully saturated rings. The zero-order valence-electron chi connectivity index (χ0n) is 21.6. The number of epoxide rings is 1. The highest BCUT2D eigenvalue weighted by Gasteiger charge is 2.50. The van der Waals surface area contributed by atoms with Crippen LogP contribution < -0.4 is 16.0 Å². The second-order valence-electron chi connectivity index (χ2n) is 9.00. The summed E-state index contributed by atoms with van der Waals surface area (Å²) < 4.78 is 64.7. The Morgan fingerprint density at radius 2 is 1.46 bits per heavy atom. The number of halogens is 4. The lowest BCUT2D eigenvalue weighted by atomic mass is 9.94. The summed E-state index contributed by atoms with van der Waals surface area (Å²) in [7, 11) is 0. The normalized spacial score (nSPS) is 18.3. The van der Waals surface area contributed by atoms with Crippen LogP contribution in [0.5, 0.6) is 0 Å². The lowest BCUT2D eigenvalue weighted by Crippen LogP contribution is -2.59. The molecule has 4 atom stereocenters. The highest BCUT2D eigenvalue weighted by Crippen LogP contribution is 2.29. The van der Waals surface area contributed by atoms with Crippen molar-refractivity contribution in [3.63, 3.8) is 0 Å². The molecule has 0 aliphatic carbocycles. The maximum Gasteiger partial charge on any atom is 0.345 e. The first-order valence-electron chi connectivity index (χ1n) is 12.2. The van der Waals surface area contributed by atoms with Gasteiger partial charge in [0.05, 0.1) is 25.9 Å². The van der Waals surface area contributed by atoms with Gasteiger partial charge in [-0.1, -0.05) is 30.3 Å². The number of nitrogens with zero attached hydrogens (tertiary/aromatic N) is 2. The van der Waals surface area contributed by atoms with Gasteiger partial charge in [0.1, 0.15) is 29.7 Å². The van der Waals surface area contributed by atoms with Crippen LogP contribution in [0.4, 0.5) is 17.6 Å². The number of amides is 3. The summed E-state index contributed by atoms with van der Waals surface area (Å²) in [6.07, 6.45) is 2.26. The zero-order valence-corrected chi connectivity index (χ0v) is 21.6. The molecule has 1 aliphatic heterocycles. The molecule has 16 heteroatoms. The number of alkyl halides is 4. The first-order chi connectivity index (χ1) is 19.5. The average Bonchev–Trinajstić information content (AvgIpc) is 3.71. The summed E-state index contributed by atoms with van der Waals surface area (Å²) in [5.74, 6) is -3.79. The third kappa shape index (κ3) is 9.84. The number of hydrogen-bond donors (Lipinski definition) is 3. The Labute approximate surface area is 231 Å². The molecular formula is C25H27F4N5O7. The van der Waals surface area contributed by atoms with Crippen molar-refractivity contribution in [1.82, 2.24) is 25.9 Å². The van der Waals surface area contributed by atoms with Gasteiger partial charge >= 0.3 is 13.2 Å². The van der Waals surface area contributed by atoms with Gasteiger partial charge < -0.3 is 30.2 Å². The van der Waals surface area contributed by atoms with Crippen molar-refractivity contribution in [3.05, 3.63) is 60.2 Å². The molecule has 1 saturated heterocycles. The van der Waals surface area contributed by atoms with Crippen LogP contribution in [0.25, 0.3) is 0 Å². The number of hydrogen-bond acceptors (Lipinski definition) is 9. The van der Waals surface area contributed by atoms with Crippen LogP contribution in [0.3, 0.4) is 0 Å². The summed E-state index contributed by atoms with van der Waals surface area (Å²) in [4.78, 5) is 59.0. The van der Waals surface area contributed by atoms with Crippen molar-refractivity contribution in [2.75, 3.05) is 19.8 Å². The fourth-order valence-electron chi connectivity index (χ4n) is 3.58. The van der Waals surface area contributed by atoms with E-state index in [1.807, 2.05) is 0 Å². The van der Waals surface area contributed by atoms with E-state index in [9.17, 15) is 36.7 Å². The van der Waals surface area contributed by atoms with Crippen molar-refractivity contribution in [3.8, 4) is 0 Å². The summed E-state index contributed by atoms with van der Waals surface area (Å²) >= 11 is 0. The first-order valence-corrected chi connectivity index (χ1v) is 12.2. The molecule has 2 aromatic rings. The van der Waals surface area contributed by atoms with Gasteiger partial charge in [-0.2, -0.15) is 17.6 Å². The predicted octanol–water partition coefficient (Wildman–Crippen LogP) is 0.624. The van der Waals surface area contributed by atoms with Gasteiger partial charge in [-0.25, -0.2) is 9.97 Å². The van der Waals surface area contributed by atoms with E-state index in [0.29, 0.717) is 5.56 Å². The van der Waals surface area contributed by atoms with Crippen molar-refractivity contribution >= 4 is 23.5 Å². The third-order valence-electron chi connectivity index (χ3n) is 5.86. The molecule has 3 amide bonds. The number of Topliss-reactive ketones (excluding diaryl/α,β-unsaturated/α-hetero) is 1. The van der Waals surface area contributed by atoms with Crippen molar-refractivity contribution in [2.24, 2.45) is 0 Å². The van der Waals surface area contributed by atoms with Gasteiger partial charge in [0.2, 0.25) is 11.8 Å². The molecule has 0 unspecified atom stereocenters. The van der Waals surface area contributed by atoms with Gasteiger partial charge in [-0.15, -0.1) is 0 Å². The van der Waals surface area contributed by atoms with Crippen molar-refractivity contribution in [2.45, 2.75) is 50.3 Å². The van der Waals surface area contributed by atoms with E-state index in [1.165, 1.54) is 19.2 Å². The molecule has 3 N–H and O–H groups in total. The van der Waals surface area contributed by atoms with Crippen LogP contribution in [0.2, 0.25) is 0 Å². The molecule has 1 aliphatic rings. The average molecular weight is 586 g/mol.